The maximum Gasteiger partial charge on any atom is 0.252 e. The molecule has 0 spiro atoms. The Kier molecular flexibility index (Phi) is 6.40. The minimum absolute atomic E-state index is 0.243. The number of guanidine groups is 1. The average Bonchev–Trinajstić information content (AvgIpc) is 3.18. The molecule has 0 aliphatic carbocycles. The maximum absolute atomic E-state index is 12.1. The maximum atomic E-state index is 12.1. The predicted octanol–water partition coefficient (Wildman–Crippen LogP) is 0.842. The van der Waals surface area contributed by atoms with Gasteiger partial charge in [-0.2, -0.15) is 0 Å². The summed E-state index contributed by atoms with van der Waals surface area (Å²) < 4.78 is 31.2. The third kappa shape index (κ3) is 4.90. The molecule has 1 unspecified atom stereocenters. The number of ether oxygens (including phenoxy) is 1. The molecule has 0 bridgehead atoms. The molecule has 2 rings (SSSR count). The molecule has 2 heterocycles. The van der Waals surface area contributed by atoms with Crippen LogP contribution < -0.4 is 10.6 Å². The van der Waals surface area contributed by atoms with Gasteiger partial charge in [0.25, 0.3) is 10.0 Å². The second-order valence-corrected chi connectivity index (χ2v) is 9.00. The van der Waals surface area contributed by atoms with Gasteiger partial charge in [0.05, 0.1) is 12.6 Å². The van der Waals surface area contributed by atoms with E-state index in [1.54, 1.807) is 13.1 Å². The minimum atomic E-state index is -3.36. The van der Waals surface area contributed by atoms with E-state index in [2.05, 4.69) is 15.6 Å². The van der Waals surface area contributed by atoms with E-state index in [1.165, 1.54) is 29.7 Å². The zero-order valence-corrected chi connectivity index (χ0v) is 15.3. The second-order valence-electron chi connectivity index (χ2n) is 5.45. The van der Waals surface area contributed by atoms with Gasteiger partial charge in [-0.1, -0.05) is 0 Å². The number of nitrogens with zero attached hydrogens (tertiary/aromatic N) is 2. The van der Waals surface area contributed by atoms with Crippen LogP contribution in [-0.4, -0.2) is 59.1 Å². The van der Waals surface area contributed by atoms with E-state index in [4.69, 9.17) is 4.74 Å². The van der Waals surface area contributed by atoms with Crippen LogP contribution in [0.25, 0.3) is 0 Å². The van der Waals surface area contributed by atoms with Crippen molar-refractivity contribution in [1.29, 1.82) is 0 Å². The molecule has 1 fully saturated rings. The fourth-order valence-corrected chi connectivity index (χ4v) is 4.64. The topological polar surface area (TPSA) is 83.0 Å². The van der Waals surface area contributed by atoms with Gasteiger partial charge >= 0.3 is 0 Å². The van der Waals surface area contributed by atoms with Gasteiger partial charge in [-0.25, -0.2) is 12.7 Å². The summed E-state index contributed by atoms with van der Waals surface area (Å²) in [4.78, 5) is 5.10. The van der Waals surface area contributed by atoms with Gasteiger partial charge in [-0.05, 0) is 25.0 Å². The first-order valence-corrected chi connectivity index (χ1v) is 9.76. The molecule has 7 nitrogen and oxygen atoms in total. The molecule has 0 amide bonds. The van der Waals surface area contributed by atoms with Crippen molar-refractivity contribution in [2.24, 2.45) is 4.99 Å². The van der Waals surface area contributed by atoms with E-state index in [9.17, 15) is 8.42 Å². The smallest absolute Gasteiger partial charge is 0.252 e. The highest BCUT2D eigenvalue weighted by Gasteiger charge is 2.19. The van der Waals surface area contributed by atoms with Crippen LogP contribution in [0.1, 0.15) is 17.7 Å². The molecule has 1 saturated heterocycles. The molecule has 1 aliphatic rings. The van der Waals surface area contributed by atoms with Crippen molar-refractivity contribution in [1.82, 2.24) is 14.9 Å². The first-order valence-electron chi connectivity index (χ1n) is 7.51. The van der Waals surface area contributed by atoms with Crippen LogP contribution in [0.4, 0.5) is 0 Å². The molecule has 1 aromatic rings. The molecule has 130 valence electrons. The molecular formula is C14H24N4O3S2. The summed E-state index contributed by atoms with van der Waals surface area (Å²) in [6.45, 7) is 2.08. The standard InChI is InChI=1S/C14H24N4O3S2/c1-15-14(16-9-11-5-4-8-21-11)17-10-12-6-7-13(22-12)23(19,20)18(2)3/h6-7,11H,4-5,8-10H2,1-3H3,(H2,15,16,17). The van der Waals surface area contributed by atoms with Gasteiger partial charge < -0.3 is 15.4 Å². The van der Waals surface area contributed by atoms with Crippen LogP contribution in [0, 0.1) is 0 Å². The van der Waals surface area contributed by atoms with Gasteiger partial charge in [0.1, 0.15) is 4.21 Å². The highest BCUT2D eigenvalue weighted by molar-refractivity contribution is 7.91. The Morgan fingerprint density at radius 2 is 2.22 bits per heavy atom. The fourth-order valence-electron chi connectivity index (χ4n) is 2.18. The van der Waals surface area contributed by atoms with Crippen LogP contribution in [0.2, 0.25) is 0 Å². The van der Waals surface area contributed by atoms with Crippen molar-refractivity contribution >= 4 is 27.3 Å². The third-order valence-electron chi connectivity index (χ3n) is 3.55. The number of aliphatic imine (C=N–C) groups is 1. The molecule has 1 aliphatic heterocycles. The SMILES string of the molecule is CN=C(NCc1ccc(S(=O)(=O)N(C)C)s1)NCC1CCCO1. The highest BCUT2D eigenvalue weighted by atomic mass is 32.2. The number of rotatable bonds is 6. The van der Waals surface area contributed by atoms with Crippen molar-refractivity contribution in [3.05, 3.63) is 17.0 Å². The molecule has 1 aromatic heterocycles. The van der Waals surface area contributed by atoms with E-state index < -0.39 is 10.0 Å². The molecule has 9 heteroatoms. The summed E-state index contributed by atoms with van der Waals surface area (Å²) in [5.41, 5.74) is 0. The fraction of sp³-hybridized carbons (Fsp3) is 0.643. The van der Waals surface area contributed by atoms with Gasteiger partial charge in [0.15, 0.2) is 5.96 Å². The number of thiophene rings is 1. The normalized spacial score (nSPS) is 19.3. The van der Waals surface area contributed by atoms with E-state index in [0.717, 1.165) is 30.9 Å². The van der Waals surface area contributed by atoms with Crippen molar-refractivity contribution in [2.75, 3.05) is 34.3 Å². The number of hydrogen-bond donors (Lipinski definition) is 2. The molecule has 1 atom stereocenters. The van der Waals surface area contributed by atoms with E-state index in [-0.39, 0.29) is 6.10 Å². The van der Waals surface area contributed by atoms with E-state index in [1.807, 2.05) is 6.07 Å². The van der Waals surface area contributed by atoms with Crippen LogP contribution in [0.15, 0.2) is 21.3 Å². The Balaban J connectivity index is 1.86. The van der Waals surface area contributed by atoms with Crippen molar-refractivity contribution in [3.63, 3.8) is 0 Å². The van der Waals surface area contributed by atoms with Crippen LogP contribution in [0.3, 0.4) is 0 Å². The molecule has 0 saturated carbocycles. The number of sulfonamides is 1. The summed E-state index contributed by atoms with van der Waals surface area (Å²) >= 11 is 1.26. The van der Waals surface area contributed by atoms with Crippen molar-refractivity contribution < 1.29 is 13.2 Å². The van der Waals surface area contributed by atoms with E-state index >= 15 is 0 Å². The Bertz CT molecular complexity index is 634. The quantitative estimate of drug-likeness (QED) is 0.580. The molecule has 23 heavy (non-hydrogen) atoms. The monoisotopic (exact) mass is 360 g/mol. The lowest BCUT2D eigenvalue weighted by atomic mass is 10.2. The van der Waals surface area contributed by atoms with Crippen LogP contribution in [0.5, 0.6) is 0 Å². The average molecular weight is 361 g/mol. The Labute approximate surface area is 141 Å². The summed E-state index contributed by atoms with van der Waals surface area (Å²) in [6, 6.07) is 3.46. The minimum Gasteiger partial charge on any atom is -0.376 e. The first-order chi connectivity index (χ1) is 10.9. The van der Waals surface area contributed by atoms with Crippen molar-refractivity contribution in [3.8, 4) is 0 Å². The van der Waals surface area contributed by atoms with Crippen LogP contribution in [-0.2, 0) is 21.3 Å². The Morgan fingerprint density at radius 1 is 1.43 bits per heavy atom. The zero-order valence-electron chi connectivity index (χ0n) is 13.7. The predicted molar refractivity (Wildman–Crippen MR) is 92.4 cm³/mol. The van der Waals surface area contributed by atoms with E-state index in [0.29, 0.717) is 16.7 Å². The zero-order chi connectivity index (χ0) is 16.9. The summed E-state index contributed by atoms with van der Waals surface area (Å²) in [5.74, 6) is 0.686. The number of nitrogens with one attached hydrogen (secondary N) is 2. The second kappa shape index (κ2) is 8.09. The molecule has 2 N–H and O–H groups in total. The lowest BCUT2D eigenvalue weighted by Crippen LogP contribution is -2.40. The summed E-state index contributed by atoms with van der Waals surface area (Å²) in [7, 11) is 1.41. The lowest BCUT2D eigenvalue weighted by Gasteiger charge is -2.14. The largest absolute Gasteiger partial charge is 0.376 e. The third-order valence-corrected chi connectivity index (χ3v) is 6.91. The Hall–Kier alpha value is -1.16. The molecule has 0 radical (unpaired) electrons. The van der Waals surface area contributed by atoms with Gasteiger partial charge in [0.2, 0.25) is 0 Å². The van der Waals surface area contributed by atoms with Gasteiger partial charge in [-0.15, -0.1) is 11.3 Å². The molecule has 0 aromatic carbocycles. The first kappa shape index (κ1) is 18.2. The van der Waals surface area contributed by atoms with Gasteiger partial charge in [-0.3, -0.25) is 4.99 Å². The summed E-state index contributed by atoms with van der Waals surface area (Å²) in [5, 5.41) is 6.42. The van der Waals surface area contributed by atoms with Gasteiger partial charge in [0, 0.05) is 39.2 Å². The highest BCUT2D eigenvalue weighted by Crippen LogP contribution is 2.23. The van der Waals surface area contributed by atoms with Crippen molar-refractivity contribution in [2.45, 2.75) is 29.7 Å². The van der Waals surface area contributed by atoms with Crippen LogP contribution >= 0.6 is 11.3 Å². The Morgan fingerprint density at radius 3 is 2.83 bits per heavy atom. The summed E-state index contributed by atoms with van der Waals surface area (Å²) in [6.07, 6.45) is 2.42. The lowest BCUT2D eigenvalue weighted by molar-refractivity contribution is 0.114. The molecular weight excluding hydrogens is 336 g/mol. The number of hydrogen-bond acceptors (Lipinski definition) is 5.